The third-order valence-electron chi connectivity index (χ3n) is 5.66. The lowest BCUT2D eigenvalue weighted by molar-refractivity contribution is -0.120. The number of nitrogens with one attached hydrogen (secondary N) is 1. The van der Waals surface area contributed by atoms with E-state index in [2.05, 4.69) is 77.6 Å². The summed E-state index contributed by atoms with van der Waals surface area (Å²) in [6.45, 7) is 7.01. The zero-order valence-corrected chi connectivity index (χ0v) is 18.2. The SMILES string of the molecule is Cc1ccc(CC(=O)N/N=C\c2cn(Cc3ccccc3C)c3ccccc23)c(C)c1. The van der Waals surface area contributed by atoms with Crippen LogP contribution in [-0.2, 0) is 17.8 Å². The van der Waals surface area contributed by atoms with Crippen molar-refractivity contribution in [1.29, 1.82) is 0 Å². The minimum atomic E-state index is -0.119. The Morgan fingerprint density at radius 3 is 2.52 bits per heavy atom. The molecule has 4 nitrogen and oxygen atoms in total. The summed E-state index contributed by atoms with van der Waals surface area (Å²) >= 11 is 0. The van der Waals surface area contributed by atoms with Crippen molar-refractivity contribution in [2.45, 2.75) is 33.7 Å². The van der Waals surface area contributed by atoms with E-state index >= 15 is 0 Å². The molecule has 156 valence electrons. The topological polar surface area (TPSA) is 46.4 Å². The zero-order chi connectivity index (χ0) is 21.8. The number of fused-ring (bicyclic) bond motifs is 1. The van der Waals surface area contributed by atoms with Gasteiger partial charge in [0.25, 0.3) is 0 Å². The van der Waals surface area contributed by atoms with Gasteiger partial charge in [0, 0.05) is 29.2 Å². The Labute approximate surface area is 183 Å². The molecule has 0 aliphatic rings. The van der Waals surface area contributed by atoms with Crippen LogP contribution in [0.2, 0.25) is 0 Å². The summed E-state index contributed by atoms with van der Waals surface area (Å²) in [5, 5.41) is 5.35. The van der Waals surface area contributed by atoms with Crippen molar-refractivity contribution in [3.63, 3.8) is 0 Å². The number of carbonyl (C=O) groups excluding carboxylic acids is 1. The lowest BCUT2D eigenvalue weighted by Gasteiger charge is -2.08. The van der Waals surface area contributed by atoms with Crippen LogP contribution in [-0.4, -0.2) is 16.7 Å². The van der Waals surface area contributed by atoms with Crippen LogP contribution in [0.5, 0.6) is 0 Å². The molecule has 1 aromatic heterocycles. The van der Waals surface area contributed by atoms with E-state index in [0.29, 0.717) is 6.42 Å². The second kappa shape index (κ2) is 9.00. The van der Waals surface area contributed by atoms with E-state index in [9.17, 15) is 4.79 Å². The average Bonchev–Trinajstić information content (AvgIpc) is 3.09. The first kappa shape index (κ1) is 20.6. The van der Waals surface area contributed by atoms with Gasteiger partial charge in [-0.25, -0.2) is 5.43 Å². The molecule has 0 unspecified atom stereocenters. The summed E-state index contributed by atoms with van der Waals surface area (Å²) in [6, 6.07) is 22.8. The molecule has 0 aliphatic carbocycles. The van der Waals surface area contributed by atoms with E-state index < -0.39 is 0 Å². The molecule has 0 spiro atoms. The van der Waals surface area contributed by atoms with Crippen molar-refractivity contribution >= 4 is 23.0 Å². The molecule has 4 rings (SSSR count). The number of nitrogens with zero attached hydrogens (tertiary/aromatic N) is 2. The normalized spacial score (nSPS) is 11.3. The molecule has 1 N–H and O–H groups in total. The number of aromatic nitrogens is 1. The van der Waals surface area contributed by atoms with Crippen LogP contribution >= 0.6 is 0 Å². The lowest BCUT2D eigenvalue weighted by Crippen LogP contribution is -2.20. The molecule has 0 atom stereocenters. The largest absolute Gasteiger partial charge is 0.342 e. The number of amides is 1. The van der Waals surface area contributed by atoms with Crippen molar-refractivity contribution in [1.82, 2.24) is 9.99 Å². The summed E-state index contributed by atoms with van der Waals surface area (Å²) in [6.07, 6.45) is 4.14. The summed E-state index contributed by atoms with van der Waals surface area (Å²) in [4.78, 5) is 12.4. The first-order chi connectivity index (χ1) is 15.0. The molecule has 4 heteroatoms. The van der Waals surface area contributed by atoms with Gasteiger partial charge in [-0.15, -0.1) is 0 Å². The number of hydrogen-bond donors (Lipinski definition) is 1. The van der Waals surface area contributed by atoms with Crippen molar-refractivity contribution in [3.05, 3.63) is 106 Å². The van der Waals surface area contributed by atoms with E-state index in [1.54, 1.807) is 6.21 Å². The highest BCUT2D eigenvalue weighted by atomic mass is 16.2. The van der Waals surface area contributed by atoms with Gasteiger partial charge < -0.3 is 4.57 Å². The molecular formula is C27H27N3O. The quantitative estimate of drug-likeness (QED) is 0.341. The van der Waals surface area contributed by atoms with E-state index in [1.807, 2.05) is 31.2 Å². The fourth-order valence-corrected chi connectivity index (χ4v) is 3.91. The number of aryl methyl sites for hydroxylation is 3. The number of benzene rings is 3. The fourth-order valence-electron chi connectivity index (χ4n) is 3.91. The molecule has 0 saturated heterocycles. The third kappa shape index (κ3) is 4.75. The van der Waals surface area contributed by atoms with Gasteiger partial charge in [-0.2, -0.15) is 5.10 Å². The van der Waals surface area contributed by atoms with Crippen molar-refractivity contribution < 1.29 is 4.79 Å². The zero-order valence-electron chi connectivity index (χ0n) is 18.2. The predicted molar refractivity (Wildman–Crippen MR) is 128 cm³/mol. The number of hydrazone groups is 1. The van der Waals surface area contributed by atoms with Gasteiger partial charge in [0.15, 0.2) is 0 Å². The summed E-state index contributed by atoms with van der Waals surface area (Å²) < 4.78 is 2.23. The molecule has 31 heavy (non-hydrogen) atoms. The van der Waals surface area contributed by atoms with Crippen LogP contribution in [0.25, 0.3) is 10.9 Å². The molecule has 0 fully saturated rings. The minimum Gasteiger partial charge on any atom is -0.342 e. The van der Waals surface area contributed by atoms with Crippen LogP contribution in [0.1, 0.15) is 33.4 Å². The van der Waals surface area contributed by atoms with Gasteiger partial charge in [0.1, 0.15) is 0 Å². The average molecular weight is 410 g/mol. The molecule has 1 heterocycles. The van der Waals surface area contributed by atoms with Gasteiger partial charge in [0.05, 0.1) is 12.6 Å². The maximum absolute atomic E-state index is 12.4. The Hall–Kier alpha value is -3.66. The van der Waals surface area contributed by atoms with Gasteiger partial charge in [0.2, 0.25) is 5.91 Å². The van der Waals surface area contributed by atoms with Gasteiger partial charge in [-0.1, -0.05) is 66.2 Å². The molecule has 1 amide bonds. The van der Waals surface area contributed by atoms with Crippen LogP contribution in [0.3, 0.4) is 0 Å². The van der Waals surface area contributed by atoms with Crippen molar-refractivity contribution in [2.75, 3.05) is 0 Å². The second-order valence-corrected chi connectivity index (χ2v) is 8.06. The molecule has 0 radical (unpaired) electrons. The monoisotopic (exact) mass is 409 g/mol. The van der Waals surface area contributed by atoms with E-state index in [1.165, 1.54) is 16.7 Å². The number of carbonyl (C=O) groups is 1. The summed E-state index contributed by atoms with van der Waals surface area (Å²) in [5.74, 6) is -0.119. The van der Waals surface area contributed by atoms with Gasteiger partial charge in [-0.3, -0.25) is 4.79 Å². The lowest BCUT2D eigenvalue weighted by atomic mass is 10.0. The van der Waals surface area contributed by atoms with Crippen LogP contribution < -0.4 is 5.43 Å². The van der Waals surface area contributed by atoms with Crippen LogP contribution in [0, 0.1) is 20.8 Å². The third-order valence-corrected chi connectivity index (χ3v) is 5.66. The number of para-hydroxylation sites is 1. The second-order valence-electron chi connectivity index (χ2n) is 8.06. The van der Waals surface area contributed by atoms with Crippen molar-refractivity contribution in [2.24, 2.45) is 5.10 Å². The first-order valence-corrected chi connectivity index (χ1v) is 10.5. The Kier molecular flexibility index (Phi) is 5.99. The molecule has 0 bridgehead atoms. The highest BCUT2D eigenvalue weighted by molar-refractivity contribution is 5.99. The number of rotatable bonds is 6. The Balaban J connectivity index is 1.51. The highest BCUT2D eigenvalue weighted by Gasteiger charge is 2.09. The van der Waals surface area contributed by atoms with Gasteiger partial charge in [-0.05, 0) is 49.1 Å². The maximum Gasteiger partial charge on any atom is 0.244 e. The van der Waals surface area contributed by atoms with Crippen molar-refractivity contribution in [3.8, 4) is 0 Å². The predicted octanol–water partition coefficient (Wildman–Crippen LogP) is 5.31. The fraction of sp³-hybridized carbons (Fsp3) is 0.185. The Morgan fingerprint density at radius 1 is 0.935 bits per heavy atom. The Morgan fingerprint density at radius 2 is 1.71 bits per heavy atom. The first-order valence-electron chi connectivity index (χ1n) is 10.5. The maximum atomic E-state index is 12.4. The van der Waals surface area contributed by atoms with E-state index in [0.717, 1.165) is 34.1 Å². The van der Waals surface area contributed by atoms with E-state index in [-0.39, 0.29) is 5.91 Å². The minimum absolute atomic E-state index is 0.119. The van der Waals surface area contributed by atoms with E-state index in [4.69, 9.17) is 0 Å². The molecule has 0 saturated carbocycles. The van der Waals surface area contributed by atoms with Crippen LogP contribution in [0.15, 0.2) is 78.0 Å². The molecule has 0 aliphatic heterocycles. The molecule has 4 aromatic rings. The highest BCUT2D eigenvalue weighted by Crippen LogP contribution is 2.22. The smallest absolute Gasteiger partial charge is 0.244 e. The van der Waals surface area contributed by atoms with Gasteiger partial charge >= 0.3 is 0 Å². The molecule has 3 aromatic carbocycles. The standard InChI is InChI=1S/C27H27N3O/c1-19-12-13-22(21(3)14-19)15-27(31)29-28-16-24-18-30(26-11-7-6-10-25(24)26)17-23-9-5-4-8-20(23)2/h4-14,16,18H,15,17H2,1-3H3,(H,29,31)/b28-16-. The summed E-state index contributed by atoms with van der Waals surface area (Å²) in [5.41, 5.74) is 10.7. The Bertz CT molecular complexity index is 1270. The number of hydrogen-bond acceptors (Lipinski definition) is 2. The molecular weight excluding hydrogens is 382 g/mol. The van der Waals surface area contributed by atoms with Crippen LogP contribution in [0.4, 0.5) is 0 Å². The summed E-state index contributed by atoms with van der Waals surface area (Å²) in [7, 11) is 0.